The maximum Gasteiger partial charge on any atom is 0.137 e. The minimum atomic E-state index is -0.327. The van der Waals surface area contributed by atoms with E-state index in [9.17, 15) is 4.39 Å². The number of amidine groups is 1. The van der Waals surface area contributed by atoms with Gasteiger partial charge in [-0.3, -0.25) is 5.41 Å². The van der Waals surface area contributed by atoms with Gasteiger partial charge in [0, 0.05) is 16.2 Å². The van der Waals surface area contributed by atoms with Gasteiger partial charge in [-0.05, 0) is 37.6 Å². The zero-order chi connectivity index (χ0) is 14.7. The van der Waals surface area contributed by atoms with Crippen molar-refractivity contribution in [2.45, 2.75) is 24.5 Å². The smallest absolute Gasteiger partial charge is 0.137 e. The van der Waals surface area contributed by atoms with Crippen LogP contribution in [0.1, 0.15) is 22.3 Å². The molecule has 0 saturated carbocycles. The molecule has 0 aliphatic heterocycles. The zero-order valence-corrected chi connectivity index (χ0v) is 12.4. The van der Waals surface area contributed by atoms with E-state index in [1.165, 1.54) is 34.5 Å². The average Bonchev–Trinajstić information content (AvgIpc) is 2.36. The van der Waals surface area contributed by atoms with Crippen molar-refractivity contribution in [3.05, 3.63) is 64.5 Å². The van der Waals surface area contributed by atoms with Crippen molar-refractivity contribution in [1.82, 2.24) is 0 Å². The predicted molar refractivity (Wildman–Crippen MR) is 82.9 cm³/mol. The number of halogens is 1. The molecule has 0 atom stereocenters. The van der Waals surface area contributed by atoms with E-state index in [-0.39, 0.29) is 11.7 Å². The Morgan fingerprint density at radius 3 is 2.35 bits per heavy atom. The third kappa shape index (κ3) is 3.61. The number of nitrogens with one attached hydrogen (secondary N) is 1. The lowest BCUT2D eigenvalue weighted by Crippen LogP contribution is -2.11. The van der Waals surface area contributed by atoms with Crippen LogP contribution in [-0.4, -0.2) is 5.84 Å². The van der Waals surface area contributed by atoms with Gasteiger partial charge in [-0.2, -0.15) is 0 Å². The molecule has 20 heavy (non-hydrogen) atoms. The maximum absolute atomic E-state index is 13.9. The van der Waals surface area contributed by atoms with Gasteiger partial charge in [-0.1, -0.05) is 29.3 Å². The maximum atomic E-state index is 13.9. The zero-order valence-electron chi connectivity index (χ0n) is 11.5. The topological polar surface area (TPSA) is 49.9 Å². The SMILES string of the molecule is Cc1cc(C)cc(CSc2ccc(C(=N)N)cc2F)c1. The largest absolute Gasteiger partial charge is 0.384 e. The van der Waals surface area contributed by atoms with E-state index >= 15 is 0 Å². The van der Waals surface area contributed by atoms with E-state index in [0.717, 1.165) is 5.75 Å². The molecule has 0 aromatic heterocycles. The molecule has 2 aromatic rings. The fraction of sp³-hybridized carbons (Fsp3) is 0.188. The lowest BCUT2D eigenvalue weighted by atomic mass is 10.1. The van der Waals surface area contributed by atoms with Crippen LogP contribution >= 0.6 is 11.8 Å². The molecule has 3 N–H and O–H groups in total. The number of benzene rings is 2. The van der Waals surface area contributed by atoms with E-state index in [4.69, 9.17) is 11.1 Å². The summed E-state index contributed by atoms with van der Waals surface area (Å²) in [6.07, 6.45) is 0. The van der Waals surface area contributed by atoms with Crippen LogP contribution in [0, 0.1) is 25.1 Å². The molecule has 0 saturated heterocycles. The van der Waals surface area contributed by atoms with Gasteiger partial charge in [0.15, 0.2) is 0 Å². The number of nitrogens with two attached hydrogens (primary N) is 1. The van der Waals surface area contributed by atoms with Gasteiger partial charge >= 0.3 is 0 Å². The Balaban J connectivity index is 2.12. The molecule has 0 spiro atoms. The Kier molecular flexibility index (Phi) is 4.45. The van der Waals surface area contributed by atoms with Crippen LogP contribution in [0.15, 0.2) is 41.3 Å². The van der Waals surface area contributed by atoms with Crippen molar-refractivity contribution in [2.24, 2.45) is 5.73 Å². The second kappa shape index (κ2) is 6.09. The third-order valence-corrected chi connectivity index (χ3v) is 4.04. The highest BCUT2D eigenvalue weighted by atomic mass is 32.2. The summed E-state index contributed by atoms with van der Waals surface area (Å²) >= 11 is 1.45. The summed E-state index contributed by atoms with van der Waals surface area (Å²) in [6.45, 7) is 4.12. The monoisotopic (exact) mass is 288 g/mol. The minimum Gasteiger partial charge on any atom is -0.384 e. The second-order valence-corrected chi connectivity index (χ2v) is 5.86. The number of rotatable bonds is 4. The molecule has 0 amide bonds. The molecule has 0 fully saturated rings. The van der Waals surface area contributed by atoms with Gasteiger partial charge in [0.05, 0.1) is 0 Å². The first-order valence-corrected chi connectivity index (χ1v) is 7.28. The molecule has 104 valence electrons. The van der Waals surface area contributed by atoms with Crippen molar-refractivity contribution in [3.8, 4) is 0 Å². The van der Waals surface area contributed by atoms with E-state index in [2.05, 4.69) is 32.0 Å². The van der Waals surface area contributed by atoms with Gasteiger partial charge in [0.1, 0.15) is 11.7 Å². The summed E-state index contributed by atoms with van der Waals surface area (Å²) < 4.78 is 13.9. The van der Waals surface area contributed by atoms with Crippen LogP contribution in [0.3, 0.4) is 0 Å². The van der Waals surface area contributed by atoms with Crippen LogP contribution < -0.4 is 5.73 Å². The van der Waals surface area contributed by atoms with Gasteiger partial charge in [-0.15, -0.1) is 11.8 Å². The molecular weight excluding hydrogens is 271 g/mol. The molecule has 0 aliphatic rings. The second-order valence-electron chi connectivity index (χ2n) is 4.84. The number of thioether (sulfide) groups is 1. The van der Waals surface area contributed by atoms with E-state index in [0.29, 0.717) is 10.5 Å². The first kappa shape index (κ1) is 14.6. The van der Waals surface area contributed by atoms with Crippen molar-refractivity contribution >= 4 is 17.6 Å². The van der Waals surface area contributed by atoms with E-state index in [1.54, 1.807) is 12.1 Å². The fourth-order valence-electron chi connectivity index (χ4n) is 2.10. The van der Waals surface area contributed by atoms with Crippen molar-refractivity contribution in [3.63, 3.8) is 0 Å². The van der Waals surface area contributed by atoms with Crippen LogP contribution in [0.25, 0.3) is 0 Å². The molecule has 0 radical (unpaired) electrons. The third-order valence-electron chi connectivity index (χ3n) is 2.92. The number of aryl methyl sites for hydroxylation is 2. The standard InChI is InChI=1S/C16H17FN2S/c1-10-5-11(2)7-12(6-10)9-20-15-4-3-13(16(18)19)8-14(15)17/h3-8H,9H2,1-2H3,(H3,18,19). The summed E-state index contributed by atoms with van der Waals surface area (Å²) in [7, 11) is 0. The number of hydrogen-bond acceptors (Lipinski definition) is 2. The van der Waals surface area contributed by atoms with Gasteiger partial charge < -0.3 is 5.73 Å². The molecule has 0 aliphatic carbocycles. The van der Waals surface area contributed by atoms with Crippen molar-refractivity contribution in [1.29, 1.82) is 5.41 Å². The first-order valence-electron chi connectivity index (χ1n) is 6.29. The van der Waals surface area contributed by atoms with E-state index < -0.39 is 0 Å². The lowest BCUT2D eigenvalue weighted by Gasteiger charge is -2.07. The molecule has 2 aromatic carbocycles. The van der Waals surface area contributed by atoms with Gasteiger partial charge in [-0.25, -0.2) is 4.39 Å². The Labute approximate surface area is 122 Å². The van der Waals surface area contributed by atoms with Crippen LogP contribution in [0.5, 0.6) is 0 Å². The molecule has 4 heteroatoms. The number of hydrogen-bond donors (Lipinski definition) is 2. The highest BCUT2D eigenvalue weighted by molar-refractivity contribution is 7.98. The lowest BCUT2D eigenvalue weighted by molar-refractivity contribution is 0.601. The van der Waals surface area contributed by atoms with Crippen LogP contribution in [0.4, 0.5) is 4.39 Å². The Bertz CT molecular complexity index is 633. The van der Waals surface area contributed by atoms with Gasteiger partial charge in [0.25, 0.3) is 0 Å². The summed E-state index contributed by atoms with van der Waals surface area (Å²) in [4.78, 5) is 0.578. The molecular formula is C16H17FN2S. The highest BCUT2D eigenvalue weighted by Crippen LogP contribution is 2.26. The summed E-state index contributed by atoms with van der Waals surface area (Å²) in [5, 5.41) is 7.29. The first-order chi connectivity index (χ1) is 9.45. The molecule has 2 rings (SSSR count). The van der Waals surface area contributed by atoms with Crippen molar-refractivity contribution in [2.75, 3.05) is 0 Å². The Morgan fingerprint density at radius 2 is 1.80 bits per heavy atom. The van der Waals surface area contributed by atoms with Crippen LogP contribution in [-0.2, 0) is 5.75 Å². The predicted octanol–water partition coefficient (Wildman–Crippen LogP) is 4.02. The summed E-state index contributed by atoms with van der Waals surface area (Å²) in [5.41, 5.74) is 9.37. The molecule has 0 bridgehead atoms. The summed E-state index contributed by atoms with van der Waals surface area (Å²) in [5.74, 6) is 0.278. The highest BCUT2D eigenvalue weighted by Gasteiger charge is 2.06. The minimum absolute atomic E-state index is 0.116. The van der Waals surface area contributed by atoms with Crippen LogP contribution in [0.2, 0.25) is 0 Å². The Hall–Kier alpha value is -1.81. The Morgan fingerprint density at radius 1 is 1.15 bits per heavy atom. The molecule has 0 heterocycles. The average molecular weight is 288 g/mol. The molecule has 0 unspecified atom stereocenters. The quantitative estimate of drug-likeness (QED) is 0.507. The molecule has 2 nitrogen and oxygen atoms in total. The fourth-order valence-corrected chi connectivity index (χ4v) is 2.95. The van der Waals surface area contributed by atoms with E-state index in [1.807, 2.05) is 0 Å². The normalized spacial score (nSPS) is 10.6. The summed E-state index contributed by atoms with van der Waals surface area (Å²) in [6, 6.07) is 11.0. The number of nitrogen functional groups attached to an aromatic ring is 1. The van der Waals surface area contributed by atoms with Gasteiger partial charge in [0.2, 0.25) is 0 Å². The van der Waals surface area contributed by atoms with Crippen molar-refractivity contribution < 1.29 is 4.39 Å².